The molecule has 0 radical (unpaired) electrons. The largest absolute Gasteiger partial charge is 0.379 e. The molecule has 3 atom stereocenters. The molecule has 2 N–H and O–H groups in total. The van der Waals surface area contributed by atoms with Crippen molar-refractivity contribution in [1.82, 2.24) is 15.5 Å². The Hall–Kier alpha value is -0.550. The number of nitrogens with one attached hydrogen (secondary N) is 2. The number of halogens is 1. The Morgan fingerprint density at radius 1 is 1.19 bits per heavy atom. The number of morpholine rings is 1. The Balaban J connectivity index is 0.00000289. The number of hydrogen-bond acceptors (Lipinski definition) is 5. The fourth-order valence-electron chi connectivity index (χ4n) is 5.01. The lowest BCUT2D eigenvalue weighted by molar-refractivity contribution is -0.0266. The summed E-state index contributed by atoms with van der Waals surface area (Å²) >= 11 is 2.07. The van der Waals surface area contributed by atoms with E-state index in [0.717, 1.165) is 58.4 Å². The number of aliphatic imine (C=N–C) groups is 1. The SMILES string of the molecule is CN=C(NCC1CCCOC1c1ccc(C)cc1)NCC1(N2CCOCC2)CCSC1.I. The Morgan fingerprint density at radius 3 is 2.66 bits per heavy atom. The maximum Gasteiger partial charge on any atom is 0.191 e. The van der Waals surface area contributed by atoms with E-state index in [9.17, 15) is 0 Å². The molecule has 4 rings (SSSR count). The van der Waals surface area contributed by atoms with E-state index in [-0.39, 0.29) is 35.6 Å². The molecular weight excluding hydrogens is 535 g/mol. The van der Waals surface area contributed by atoms with Crippen LogP contribution in [0.15, 0.2) is 29.3 Å². The molecule has 3 heterocycles. The molecule has 0 aromatic heterocycles. The molecule has 1 aromatic rings. The summed E-state index contributed by atoms with van der Waals surface area (Å²) in [6.07, 6.45) is 3.69. The number of rotatable bonds is 6. The molecule has 3 aliphatic rings. The molecule has 8 heteroatoms. The number of guanidine groups is 1. The summed E-state index contributed by atoms with van der Waals surface area (Å²) in [5.74, 6) is 3.77. The average Bonchev–Trinajstić information content (AvgIpc) is 3.31. The number of thioether (sulfide) groups is 1. The molecule has 0 aliphatic carbocycles. The number of hydrogen-bond donors (Lipinski definition) is 2. The van der Waals surface area contributed by atoms with Gasteiger partial charge in [0.1, 0.15) is 0 Å². The van der Waals surface area contributed by atoms with Crippen LogP contribution in [0.4, 0.5) is 0 Å². The Bertz CT molecular complexity index is 721. The van der Waals surface area contributed by atoms with Crippen LogP contribution in [0.5, 0.6) is 0 Å². The van der Waals surface area contributed by atoms with Crippen LogP contribution < -0.4 is 10.6 Å². The van der Waals surface area contributed by atoms with E-state index in [1.165, 1.54) is 35.5 Å². The van der Waals surface area contributed by atoms with Crippen molar-refractivity contribution < 1.29 is 9.47 Å². The molecule has 32 heavy (non-hydrogen) atoms. The number of ether oxygens (including phenoxy) is 2. The summed E-state index contributed by atoms with van der Waals surface area (Å²) in [6, 6.07) is 8.80. The minimum absolute atomic E-state index is 0. The zero-order valence-electron chi connectivity index (χ0n) is 19.5. The third kappa shape index (κ3) is 6.52. The van der Waals surface area contributed by atoms with Gasteiger partial charge in [-0.15, -0.1) is 24.0 Å². The highest BCUT2D eigenvalue weighted by molar-refractivity contribution is 14.0. The highest BCUT2D eigenvalue weighted by Gasteiger charge is 2.40. The molecule has 0 spiro atoms. The van der Waals surface area contributed by atoms with Crippen LogP contribution in [0.1, 0.15) is 36.5 Å². The highest BCUT2D eigenvalue weighted by atomic mass is 127. The van der Waals surface area contributed by atoms with Gasteiger partial charge < -0.3 is 20.1 Å². The van der Waals surface area contributed by atoms with Crippen molar-refractivity contribution in [2.24, 2.45) is 10.9 Å². The van der Waals surface area contributed by atoms with E-state index in [1.54, 1.807) is 0 Å². The number of aryl methyl sites for hydroxylation is 1. The van der Waals surface area contributed by atoms with Crippen molar-refractivity contribution in [1.29, 1.82) is 0 Å². The smallest absolute Gasteiger partial charge is 0.191 e. The lowest BCUT2D eigenvalue weighted by Crippen LogP contribution is -2.60. The maximum atomic E-state index is 6.20. The number of nitrogens with zero attached hydrogens (tertiary/aromatic N) is 2. The van der Waals surface area contributed by atoms with Gasteiger partial charge in [-0.1, -0.05) is 29.8 Å². The molecular formula is C24H39IN4O2S. The van der Waals surface area contributed by atoms with Crippen molar-refractivity contribution in [3.63, 3.8) is 0 Å². The standard InChI is InChI=1S/C24H38N4O2S.HI/c1-19-5-7-20(8-6-19)22-21(4-3-12-30-22)16-26-23(25-2)27-17-24(9-15-31-18-24)28-10-13-29-14-11-28;/h5-8,21-22H,3-4,9-18H2,1-2H3,(H2,25,26,27);1H. The second-order valence-electron chi connectivity index (χ2n) is 9.04. The van der Waals surface area contributed by atoms with Crippen LogP contribution in [0.3, 0.4) is 0 Å². The molecule has 3 aliphatic heterocycles. The average molecular weight is 575 g/mol. The Labute approximate surface area is 214 Å². The normalized spacial score (nSPS) is 29.4. The van der Waals surface area contributed by atoms with Crippen molar-refractivity contribution in [3.8, 4) is 0 Å². The minimum Gasteiger partial charge on any atom is -0.379 e. The molecule has 3 saturated heterocycles. The molecule has 3 unspecified atom stereocenters. The molecule has 0 saturated carbocycles. The van der Waals surface area contributed by atoms with Crippen molar-refractivity contribution in [2.45, 2.75) is 37.8 Å². The second kappa shape index (κ2) is 12.8. The molecule has 0 amide bonds. The number of benzene rings is 1. The lowest BCUT2D eigenvalue weighted by Gasteiger charge is -2.43. The molecule has 180 valence electrons. The van der Waals surface area contributed by atoms with E-state index < -0.39 is 0 Å². The van der Waals surface area contributed by atoms with Gasteiger partial charge >= 0.3 is 0 Å². The summed E-state index contributed by atoms with van der Waals surface area (Å²) in [5.41, 5.74) is 2.79. The third-order valence-corrected chi connectivity index (χ3v) is 8.19. The van der Waals surface area contributed by atoms with Crippen molar-refractivity contribution >= 4 is 41.7 Å². The first kappa shape index (κ1) is 26.1. The molecule has 3 fully saturated rings. The summed E-state index contributed by atoms with van der Waals surface area (Å²) in [7, 11) is 1.87. The fourth-order valence-corrected chi connectivity index (χ4v) is 6.49. The van der Waals surface area contributed by atoms with Crippen LogP contribution in [-0.4, -0.2) is 81.0 Å². The van der Waals surface area contributed by atoms with E-state index >= 15 is 0 Å². The van der Waals surface area contributed by atoms with Gasteiger partial charge in [0.2, 0.25) is 0 Å². The minimum atomic E-state index is 0. The highest BCUT2D eigenvalue weighted by Crippen LogP contribution is 2.34. The van der Waals surface area contributed by atoms with E-state index in [2.05, 4.69) is 63.5 Å². The van der Waals surface area contributed by atoms with Gasteiger partial charge in [-0.3, -0.25) is 9.89 Å². The Kier molecular flexibility index (Phi) is 10.4. The van der Waals surface area contributed by atoms with Crippen molar-refractivity contribution in [2.75, 3.05) is 64.6 Å². The van der Waals surface area contributed by atoms with Crippen molar-refractivity contribution in [3.05, 3.63) is 35.4 Å². The van der Waals surface area contributed by atoms with Gasteiger partial charge in [0.15, 0.2) is 5.96 Å². The van der Waals surface area contributed by atoms with Crippen LogP contribution in [0.25, 0.3) is 0 Å². The van der Waals surface area contributed by atoms with E-state index in [0.29, 0.717) is 5.92 Å². The molecule has 1 aromatic carbocycles. The molecule has 0 bridgehead atoms. The van der Waals surface area contributed by atoms with Crippen LogP contribution in [0, 0.1) is 12.8 Å². The third-order valence-electron chi connectivity index (χ3n) is 6.96. The monoisotopic (exact) mass is 574 g/mol. The first-order valence-electron chi connectivity index (χ1n) is 11.7. The van der Waals surface area contributed by atoms with Crippen LogP contribution in [0.2, 0.25) is 0 Å². The van der Waals surface area contributed by atoms with Gasteiger partial charge in [0, 0.05) is 57.0 Å². The predicted molar refractivity (Wildman–Crippen MR) is 144 cm³/mol. The summed E-state index contributed by atoms with van der Waals surface area (Å²) < 4.78 is 11.8. The van der Waals surface area contributed by atoms with Gasteiger partial charge in [0.05, 0.1) is 19.3 Å². The van der Waals surface area contributed by atoms with Gasteiger partial charge in [-0.2, -0.15) is 11.8 Å². The predicted octanol–water partition coefficient (Wildman–Crippen LogP) is 3.45. The van der Waals surface area contributed by atoms with E-state index in [1.807, 2.05) is 7.05 Å². The second-order valence-corrected chi connectivity index (χ2v) is 10.1. The zero-order chi connectivity index (χ0) is 21.5. The van der Waals surface area contributed by atoms with E-state index in [4.69, 9.17) is 9.47 Å². The topological polar surface area (TPSA) is 58.1 Å². The lowest BCUT2D eigenvalue weighted by atomic mass is 9.89. The van der Waals surface area contributed by atoms with Crippen LogP contribution in [-0.2, 0) is 9.47 Å². The quantitative estimate of drug-likeness (QED) is 0.309. The zero-order valence-corrected chi connectivity index (χ0v) is 22.6. The summed E-state index contributed by atoms with van der Waals surface area (Å²) in [6.45, 7) is 8.55. The fraction of sp³-hybridized carbons (Fsp3) is 0.708. The van der Waals surface area contributed by atoms with Gasteiger partial charge in [-0.25, -0.2) is 0 Å². The molecule has 6 nitrogen and oxygen atoms in total. The maximum absolute atomic E-state index is 6.20. The first-order chi connectivity index (χ1) is 15.2. The van der Waals surface area contributed by atoms with Crippen LogP contribution >= 0.6 is 35.7 Å². The Morgan fingerprint density at radius 2 is 1.97 bits per heavy atom. The summed E-state index contributed by atoms with van der Waals surface area (Å²) in [5, 5.41) is 7.26. The summed E-state index contributed by atoms with van der Waals surface area (Å²) in [4.78, 5) is 7.16. The van der Waals surface area contributed by atoms with Gasteiger partial charge in [0.25, 0.3) is 0 Å². The first-order valence-corrected chi connectivity index (χ1v) is 12.9. The van der Waals surface area contributed by atoms with Gasteiger partial charge in [-0.05, 0) is 37.5 Å².